The molecule has 0 N–H and O–H groups in total. The molecule has 8 nitrogen and oxygen atoms in total. The SMILES string of the molecule is CC(=O)N(c1nc(/C=C/C(=O)N(C)C(C)c2ccc(-n3cncn3)cc2)cs1)c1ccccc1F. The molecule has 0 fully saturated rings. The van der Waals surface area contributed by atoms with Gasteiger partial charge in [0.15, 0.2) is 5.13 Å². The first kappa shape index (κ1) is 24.0. The van der Waals surface area contributed by atoms with E-state index < -0.39 is 5.82 Å². The smallest absolute Gasteiger partial charge is 0.246 e. The molecule has 2 aromatic heterocycles. The Labute approximate surface area is 206 Å². The lowest BCUT2D eigenvalue weighted by Crippen LogP contribution is -2.28. The molecule has 0 saturated heterocycles. The van der Waals surface area contributed by atoms with Crippen molar-refractivity contribution in [2.45, 2.75) is 19.9 Å². The molecule has 0 radical (unpaired) electrons. The number of likely N-dealkylation sites (N-methyl/N-ethyl adjacent to an activating group) is 1. The standard InChI is InChI=1S/C25H23FN6O2S/c1-17(19-8-11-21(12-9-19)31-16-27-15-28-31)30(3)24(34)13-10-20-14-35-25(29-20)32(18(2)33)23-7-5-4-6-22(23)26/h4-17H,1-3H3/b13-10+. The number of thiazole rings is 1. The Kier molecular flexibility index (Phi) is 7.11. The van der Waals surface area contributed by atoms with E-state index in [1.165, 1.54) is 47.7 Å². The molecule has 1 unspecified atom stereocenters. The quantitative estimate of drug-likeness (QED) is 0.348. The molecule has 0 saturated carbocycles. The van der Waals surface area contributed by atoms with Crippen LogP contribution in [0.25, 0.3) is 11.8 Å². The van der Waals surface area contributed by atoms with Crippen molar-refractivity contribution in [3.8, 4) is 5.69 Å². The van der Waals surface area contributed by atoms with Crippen molar-refractivity contribution in [3.05, 3.63) is 89.7 Å². The van der Waals surface area contributed by atoms with Crippen LogP contribution < -0.4 is 4.90 Å². The van der Waals surface area contributed by atoms with E-state index in [-0.39, 0.29) is 23.5 Å². The van der Waals surface area contributed by atoms with Gasteiger partial charge in [0.25, 0.3) is 0 Å². The number of amides is 2. The van der Waals surface area contributed by atoms with Gasteiger partial charge in [-0.25, -0.2) is 19.0 Å². The van der Waals surface area contributed by atoms with E-state index in [1.54, 1.807) is 46.5 Å². The molecule has 0 spiro atoms. The van der Waals surface area contributed by atoms with Crippen molar-refractivity contribution in [2.75, 3.05) is 11.9 Å². The Hall–Kier alpha value is -4.18. The summed E-state index contributed by atoms with van der Waals surface area (Å²) < 4.78 is 15.9. The van der Waals surface area contributed by atoms with Gasteiger partial charge in [0.2, 0.25) is 11.8 Å². The zero-order valence-corrected chi connectivity index (χ0v) is 20.2. The van der Waals surface area contributed by atoms with Gasteiger partial charge in [-0.05, 0) is 42.8 Å². The summed E-state index contributed by atoms with van der Waals surface area (Å²) >= 11 is 1.19. The first-order valence-corrected chi connectivity index (χ1v) is 11.6. The van der Waals surface area contributed by atoms with E-state index in [0.717, 1.165) is 11.3 Å². The van der Waals surface area contributed by atoms with E-state index >= 15 is 0 Å². The number of halogens is 1. The molecule has 35 heavy (non-hydrogen) atoms. The highest BCUT2D eigenvalue weighted by molar-refractivity contribution is 7.14. The van der Waals surface area contributed by atoms with Gasteiger partial charge in [0, 0.05) is 25.4 Å². The van der Waals surface area contributed by atoms with Gasteiger partial charge in [0.1, 0.15) is 18.5 Å². The van der Waals surface area contributed by atoms with E-state index in [4.69, 9.17) is 0 Å². The maximum Gasteiger partial charge on any atom is 0.246 e. The van der Waals surface area contributed by atoms with Crippen LogP contribution in [-0.2, 0) is 9.59 Å². The first-order chi connectivity index (χ1) is 16.8. The highest BCUT2D eigenvalue weighted by atomic mass is 32.1. The normalized spacial score (nSPS) is 12.0. The summed E-state index contributed by atoms with van der Waals surface area (Å²) in [4.78, 5) is 36.2. The zero-order valence-electron chi connectivity index (χ0n) is 19.4. The molecule has 0 aliphatic heterocycles. The number of anilines is 2. The van der Waals surface area contributed by atoms with E-state index in [2.05, 4.69) is 15.1 Å². The van der Waals surface area contributed by atoms with Crippen LogP contribution in [-0.4, -0.2) is 43.5 Å². The Bertz CT molecular complexity index is 1350. The lowest BCUT2D eigenvalue weighted by atomic mass is 10.1. The number of aromatic nitrogens is 4. The van der Waals surface area contributed by atoms with Crippen molar-refractivity contribution in [1.29, 1.82) is 0 Å². The average Bonchev–Trinajstić information content (AvgIpc) is 3.56. The second-order valence-electron chi connectivity index (χ2n) is 7.75. The van der Waals surface area contributed by atoms with Crippen molar-refractivity contribution in [2.24, 2.45) is 0 Å². The summed E-state index contributed by atoms with van der Waals surface area (Å²) in [6.45, 7) is 3.29. The van der Waals surface area contributed by atoms with Crippen LogP contribution in [0.2, 0.25) is 0 Å². The van der Waals surface area contributed by atoms with Gasteiger partial charge >= 0.3 is 0 Å². The molecule has 178 valence electrons. The minimum absolute atomic E-state index is 0.129. The molecule has 10 heteroatoms. The van der Waals surface area contributed by atoms with E-state index in [9.17, 15) is 14.0 Å². The average molecular weight is 491 g/mol. The monoisotopic (exact) mass is 490 g/mol. The van der Waals surface area contributed by atoms with Crippen LogP contribution in [0, 0.1) is 5.82 Å². The van der Waals surface area contributed by atoms with E-state index in [0.29, 0.717) is 10.8 Å². The summed E-state index contributed by atoms with van der Waals surface area (Å²) in [5.74, 6) is -1.08. The van der Waals surface area contributed by atoms with Gasteiger partial charge in [-0.1, -0.05) is 24.3 Å². The molecule has 4 aromatic rings. The largest absolute Gasteiger partial charge is 0.335 e. The van der Waals surface area contributed by atoms with Crippen LogP contribution in [0.1, 0.15) is 31.1 Å². The van der Waals surface area contributed by atoms with Crippen LogP contribution in [0.4, 0.5) is 15.2 Å². The molecular formula is C25H23FN6O2S. The minimum Gasteiger partial charge on any atom is -0.335 e. The lowest BCUT2D eigenvalue weighted by Gasteiger charge is -2.24. The molecular weight excluding hydrogens is 467 g/mol. The highest BCUT2D eigenvalue weighted by Crippen LogP contribution is 2.31. The summed E-state index contributed by atoms with van der Waals surface area (Å²) in [6.07, 6.45) is 6.10. The van der Waals surface area contributed by atoms with Crippen molar-refractivity contribution in [1.82, 2.24) is 24.6 Å². The number of benzene rings is 2. The number of hydrogen-bond donors (Lipinski definition) is 0. The van der Waals surface area contributed by atoms with Gasteiger partial charge in [-0.2, -0.15) is 5.10 Å². The van der Waals surface area contributed by atoms with Gasteiger partial charge in [-0.3, -0.25) is 14.5 Å². The van der Waals surface area contributed by atoms with Crippen LogP contribution in [0.3, 0.4) is 0 Å². The molecule has 2 amide bonds. The van der Waals surface area contributed by atoms with Gasteiger partial charge in [-0.15, -0.1) is 11.3 Å². The third kappa shape index (κ3) is 5.33. The van der Waals surface area contributed by atoms with Crippen molar-refractivity contribution in [3.63, 3.8) is 0 Å². The third-order valence-electron chi connectivity index (χ3n) is 5.49. The van der Waals surface area contributed by atoms with Crippen LogP contribution >= 0.6 is 11.3 Å². The molecule has 0 bridgehead atoms. The summed E-state index contributed by atoms with van der Waals surface area (Å²) in [5.41, 5.74) is 2.47. The Balaban J connectivity index is 1.45. The minimum atomic E-state index is -0.518. The number of hydrogen-bond acceptors (Lipinski definition) is 6. The predicted octanol–water partition coefficient (Wildman–Crippen LogP) is 4.78. The highest BCUT2D eigenvalue weighted by Gasteiger charge is 2.21. The summed E-state index contributed by atoms with van der Waals surface area (Å²) in [5, 5.41) is 6.14. The number of carbonyl (C=O) groups excluding carboxylic acids is 2. The molecule has 2 aromatic carbocycles. The Morgan fingerprint density at radius 1 is 1.14 bits per heavy atom. The second-order valence-corrected chi connectivity index (χ2v) is 8.59. The van der Waals surface area contributed by atoms with Gasteiger partial charge in [0.05, 0.1) is 23.1 Å². The Morgan fingerprint density at radius 3 is 2.54 bits per heavy atom. The van der Waals surface area contributed by atoms with Crippen LogP contribution in [0.15, 0.2) is 72.6 Å². The third-order valence-corrected chi connectivity index (χ3v) is 6.34. The number of para-hydroxylation sites is 1. The summed E-state index contributed by atoms with van der Waals surface area (Å²) in [6, 6.07) is 13.6. The second kappa shape index (κ2) is 10.4. The zero-order chi connectivity index (χ0) is 24.9. The lowest BCUT2D eigenvalue weighted by molar-refractivity contribution is -0.126. The fraction of sp³-hybridized carbons (Fsp3) is 0.160. The maximum absolute atomic E-state index is 14.3. The molecule has 2 heterocycles. The maximum atomic E-state index is 14.3. The molecule has 0 aliphatic rings. The van der Waals surface area contributed by atoms with Gasteiger partial charge < -0.3 is 4.90 Å². The topological polar surface area (TPSA) is 84.2 Å². The fourth-order valence-electron chi connectivity index (χ4n) is 3.43. The molecule has 1 atom stereocenters. The number of carbonyl (C=O) groups is 2. The van der Waals surface area contributed by atoms with Crippen molar-refractivity contribution >= 4 is 40.0 Å². The number of nitrogens with zero attached hydrogens (tertiary/aromatic N) is 6. The van der Waals surface area contributed by atoms with Crippen molar-refractivity contribution < 1.29 is 14.0 Å². The Morgan fingerprint density at radius 2 is 1.89 bits per heavy atom. The molecule has 0 aliphatic carbocycles. The summed E-state index contributed by atoms with van der Waals surface area (Å²) in [7, 11) is 1.73. The fourth-order valence-corrected chi connectivity index (χ4v) is 4.28. The molecule has 4 rings (SSSR count). The number of rotatable bonds is 7. The van der Waals surface area contributed by atoms with E-state index in [1.807, 2.05) is 31.2 Å². The first-order valence-electron chi connectivity index (χ1n) is 10.8. The predicted molar refractivity (Wildman–Crippen MR) is 133 cm³/mol. The van der Waals surface area contributed by atoms with Crippen LogP contribution in [0.5, 0.6) is 0 Å².